The van der Waals surface area contributed by atoms with Gasteiger partial charge in [-0.1, -0.05) is 17.7 Å². The van der Waals surface area contributed by atoms with Gasteiger partial charge in [-0.05, 0) is 82.8 Å². The first kappa shape index (κ1) is 17.3. The molecule has 3 aliphatic heterocycles. The number of nitrogens with one attached hydrogen (secondary N) is 2. The van der Waals surface area contributed by atoms with Gasteiger partial charge < -0.3 is 20.6 Å². The van der Waals surface area contributed by atoms with Gasteiger partial charge in [-0.15, -0.1) is 0 Å². The van der Waals surface area contributed by atoms with E-state index < -0.39 is 0 Å². The maximum absolute atomic E-state index is 10.6. The molecule has 4 rings (SSSR count). The topological polar surface area (TPSA) is 47.5 Å². The third-order valence-corrected chi connectivity index (χ3v) is 6.83. The molecular formula is C21H33N3O. The molecule has 0 aromatic carbocycles. The van der Waals surface area contributed by atoms with Crippen LogP contribution in [0.15, 0.2) is 35.1 Å². The van der Waals surface area contributed by atoms with Gasteiger partial charge in [0.25, 0.3) is 0 Å². The standard InChI is InChI=1S/C21H33N3O/c1-16-2-4-18-19(5-3-16)23-15-21(18)8-12-24(13-9-21)14-20(25)17-6-10-22-11-7-17/h3-5,17,20,22-23,25H,2,6-15H2,1H3. The van der Waals surface area contributed by atoms with E-state index in [1.165, 1.54) is 24.1 Å². The maximum Gasteiger partial charge on any atom is 0.0696 e. The molecule has 138 valence electrons. The molecule has 0 radical (unpaired) electrons. The van der Waals surface area contributed by atoms with E-state index in [0.29, 0.717) is 11.3 Å². The number of piperidine rings is 2. The van der Waals surface area contributed by atoms with Crippen LogP contribution in [0.4, 0.5) is 0 Å². The summed E-state index contributed by atoms with van der Waals surface area (Å²) >= 11 is 0. The second-order valence-electron chi connectivity index (χ2n) is 8.50. The predicted molar refractivity (Wildman–Crippen MR) is 102 cm³/mol. The highest BCUT2D eigenvalue weighted by Crippen LogP contribution is 2.46. The van der Waals surface area contributed by atoms with Crippen molar-refractivity contribution in [2.24, 2.45) is 11.3 Å². The van der Waals surface area contributed by atoms with Crippen LogP contribution in [0.25, 0.3) is 0 Å². The zero-order chi connectivity index (χ0) is 17.3. The van der Waals surface area contributed by atoms with Crippen LogP contribution in [0, 0.1) is 11.3 Å². The highest BCUT2D eigenvalue weighted by atomic mass is 16.3. The fraction of sp³-hybridized carbons (Fsp3) is 0.714. The summed E-state index contributed by atoms with van der Waals surface area (Å²) in [5, 5.41) is 17.7. The molecule has 4 aliphatic rings. The lowest BCUT2D eigenvalue weighted by atomic mass is 9.73. The first-order chi connectivity index (χ1) is 12.2. The van der Waals surface area contributed by atoms with Crippen LogP contribution >= 0.6 is 0 Å². The molecule has 1 unspecified atom stereocenters. The summed E-state index contributed by atoms with van der Waals surface area (Å²) in [7, 11) is 0. The Hall–Kier alpha value is -1.10. The van der Waals surface area contributed by atoms with Crippen LogP contribution in [0.3, 0.4) is 0 Å². The van der Waals surface area contributed by atoms with Crippen molar-refractivity contribution in [3.63, 3.8) is 0 Å². The third-order valence-electron chi connectivity index (χ3n) is 6.83. The number of rotatable bonds is 3. The number of nitrogens with zero attached hydrogens (tertiary/aromatic N) is 1. The smallest absolute Gasteiger partial charge is 0.0696 e. The van der Waals surface area contributed by atoms with Crippen molar-refractivity contribution >= 4 is 0 Å². The summed E-state index contributed by atoms with van der Waals surface area (Å²) in [4.78, 5) is 2.50. The lowest BCUT2D eigenvalue weighted by Crippen LogP contribution is -2.47. The average molecular weight is 344 g/mol. The molecular weight excluding hydrogens is 310 g/mol. The van der Waals surface area contributed by atoms with Crippen LogP contribution in [-0.2, 0) is 0 Å². The van der Waals surface area contributed by atoms with E-state index in [2.05, 4.69) is 40.7 Å². The monoisotopic (exact) mass is 343 g/mol. The Labute approximate surface area is 152 Å². The van der Waals surface area contributed by atoms with Gasteiger partial charge in [0, 0.05) is 24.2 Å². The molecule has 1 spiro atoms. The van der Waals surface area contributed by atoms with Gasteiger partial charge in [-0.25, -0.2) is 0 Å². The molecule has 1 aliphatic carbocycles. The third kappa shape index (κ3) is 3.57. The summed E-state index contributed by atoms with van der Waals surface area (Å²) in [5.41, 5.74) is 4.66. The molecule has 0 aromatic heterocycles. The normalized spacial score (nSPS) is 28.5. The minimum absolute atomic E-state index is 0.155. The fourth-order valence-corrected chi connectivity index (χ4v) is 5.02. The molecule has 3 N–H and O–H groups in total. The lowest BCUT2D eigenvalue weighted by molar-refractivity contribution is 0.0321. The molecule has 0 bridgehead atoms. The van der Waals surface area contributed by atoms with Gasteiger partial charge in [0.05, 0.1) is 6.10 Å². The maximum atomic E-state index is 10.6. The Morgan fingerprint density at radius 2 is 2.00 bits per heavy atom. The minimum atomic E-state index is -0.155. The second kappa shape index (κ2) is 7.26. The van der Waals surface area contributed by atoms with Gasteiger partial charge in [0.2, 0.25) is 0 Å². The summed E-state index contributed by atoms with van der Waals surface area (Å²) in [6.45, 7) is 8.51. The summed E-state index contributed by atoms with van der Waals surface area (Å²) in [6, 6.07) is 0. The number of β-amino-alcohol motifs (C(OH)–C–C–N with tert-alkyl or cyclic N) is 1. The van der Waals surface area contributed by atoms with Crippen molar-refractivity contribution in [1.29, 1.82) is 0 Å². The molecule has 1 atom stereocenters. The van der Waals surface area contributed by atoms with E-state index in [1.54, 1.807) is 5.57 Å². The van der Waals surface area contributed by atoms with Gasteiger partial charge in [-0.3, -0.25) is 0 Å². The molecule has 0 saturated carbocycles. The van der Waals surface area contributed by atoms with Crippen LogP contribution < -0.4 is 10.6 Å². The summed E-state index contributed by atoms with van der Waals surface area (Å²) in [6.07, 6.45) is 12.6. The van der Waals surface area contributed by atoms with Crippen molar-refractivity contribution < 1.29 is 5.11 Å². The van der Waals surface area contributed by atoms with Gasteiger partial charge in [0.1, 0.15) is 0 Å². The molecule has 0 aromatic rings. The Balaban J connectivity index is 1.35. The Morgan fingerprint density at radius 1 is 1.24 bits per heavy atom. The zero-order valence-electron chi connectivity index (χ0n) is 15.6. The first-order valence-corrected chi connectivity index (χ1v) is 10.1. The quantitative estimate of drug-likeness (QED) is 0.735. The average Bonchev–Trinajstić information content (AvgIpc) is 2.85. The van der Waals surface area contributed by atoms with Gasteiger partial charge in [-0.2, -0.15) is 0 Å². The molecule has 4 heteroatoms. The van der Waals surface area contributed by atoms with E-state index in [4.69, 9.17) is 0 Å². The second-order valence-corrected chi connectivity index (χ2v) is 8.50. The van der Waals surface area contributed by atoms with Crippen LogP contribution in [0.1, 0.15) is 39.0 Å². The van der Waals surface area contributed by atoms with Crippen LogP contribution in [-0.4, -0.2) is 55.4 Å². The van der Waals surface area contributed by atoms with Gasteiger partial charge in [0.15, 0.2) is 0 Å². The van der Waals surface area contributed by atoms with Gasteiger partial charge >= 0.3 is 0 Å². The first-order valence-electron chi connectivity index (χ1n) is 10.1. The summed E-state index contributed by atoms with van der Waals surface area (Å²) in [5.74, 6) is 0.485. The van der Waals surface area contributed by atoms with E-state index in [0.717, 1.165) is 58.5 Å². The molecule has 3 heterocycles. The fourth-order valence-electron chi connectivity index (χ4n) is 5.02. The van der Waals surface area contributed by atoms with E-state index in [9.17, 15) is 5.11 Å². The molecule has 3 fully saturated rings. The van der Waals surface area contributed by atoms with Crippen LogP contribution in [0.5, 0.6) is 0 Å². The SMILES string of the molecule is CC1=CC=C2NCC3(CCN(CC(O)C4CCNCC4)CC3)C2=CC1. The Kier molecular flexibility index (Phi) is 5.03. The van der Waals surface area contributed by atoms with Crippen molar-refractivity contribution in [3.05, 3.63) is 35.1 Å². The van der Waals surface area contributed by atoms with Crippen molar-refractivity contribution in [2.45, 2.75) is 45.1 Å². The Morgan fingerprint density at radius 3 is 2.76 bits per heavy atom. The van der Waals surface area contributed by atoms with Crippen molar-refractivity contribution in [2.75, 3.05) is 39.3 Å². The number of aliphatic hydroxyl groups is 1. The molecule has 25 heavy (non-hydrogen) atoms. The highest BCUT2D eigenvalue weighted by Gasteiger charge is 2.43. The zero-order valence-corrected chi connectivity index (χ0v) is 15.6. The van der Waals surface area contributed by atoms with E-state index in [-0.39, 0.29) is 6.10 Å². The number of likely N-dealkylation sites (tertiary alicyclic amines) is 1. The number of aliphatic hydroxyl groups excluding tert-OH is 1. The summed E-state index contributed by atoms with van der Waals surface area (Å²) < 4.78 is 0. The van der Waals surface area contributed by atoms with E-state index >= 15 is 0 Å². The number of allylic oxidation sites excluding steroid dienone is 5. The predicted octanol–water partition coefficient (Wildman–Crippen LogP) is 2.19. The molecule has 3 saturated heterocycles. The van der Waals surface area contributed by atoms with Crippen molar-refractivity contribution in [3.8, 4) is 0 Å². The Bertz CT molecular complexity index is 578. The van der Waals surface area contributed by atoms with Crippen molar-refractivity contribution in [1.82, 2.24) is 15.5 Å². The number of hydrogen-bond acceptors (Lipinski definition) is 4. The highest BCUT2D eigenvalue weighted by molar-refractivity contribution is 5.45. The largest absolute Gasteiger partial charge is 0.392 e. The molecule has 0 amide bonds. The van der Waals surface area contributed by atoms with Crippen LogP contribution in [0.2, 0.25) is 0 Å². The lowest BCUT2D eigenvalue weighted by Gasteiger charge is -2.41. The molecule has 4 nitrogen and oxygen atoms in total. The van der Waals surface area contributed by atoms with E-state index in [1.807, 2.05) is 0 Å². The number of hydrogen-bond donors (Lipinski definition) is 3. The number of fused-ring (bicyclic) bond motifs is 2. The minimum Gasteiger partial charge on any atom is -0.392 e.